The quantitative estimate of drug-likeness (QED) is 0.410. The van der Waals surface area contributed by atoms with Crippen LogP contribution in [0.3, 0.4) is 0 Å². The van der Waals surface area contributed by atoms with Crippen LogP contribution in [0.2, 0.25) is 5.02 Å². The fourth-order valence-electron chi connectivity index (χ4n) is 1.79. The first-order valence-corrected chi connectivity index (χ1v) is 7.93. The predicted octanol–water partition coefficient (Wildman–Crippen LogP) is 5.72. The van der Waals surface area contributed by atoms with E-state index in [9.17, 15) is 8.78 Å². The molecule has 6 heteroatoms. The summed E-state index contributed by atoms with van der Waals surface area (Å²) in [5, 5.41) is 0.513. The normalized spacial score (nSPS) is 12.3. The Morgan fingerprint density at radius 2 is 1.80 bits per heavy atom. The van der Waals surface area contributed by atoms with Crippen molar-refractivity contribution in [3.63, 3.8) is 0 Å². The summed E-state index contributed by atoms with van der Waals surface area (Å²) in [5.74, 6) is -1.19. The number of halogens is 5. The molecule has 0 aliphatic heterocycles. The van der Waals surface area contributed by atoms with Gasteiger partial charge in [-0.3, -0.25) is 0 Å². The van der Waals surface area contributed by atoms with Gasteiger partial charge in [-0.25, -0.2) is 8.78 Å². The molecule has 0 aromatic heterocycles. The van der Waals surface area contributed by atoms with Gasteiger partial charge in [0.25, 0.3) is 0 Å². The Morgan fingerprint density at radius 3 is 2.35 bits per heavy atom. The molecule has 0 aliphatic carbocycles. The number of alkyl halides is 1. The number of hydrogen-bond acceptors (Lipinski definition) is 1. The second-order valence-corrected chi connectivity index (χ2v) is 6.55. The second-order valence-electron chi connectivity index (χ2n) is 4.03. The van der Waals surface area contributed by atoms with E-state index >= 15 is 0 Å². The highest BCUT2D eigenvalue weighted by molar-refractivity contribution is 14.1. The van der Waals surface area contributed by atoms with Gasteiger partial charge in [-0.05, 0) is 46.4 Å². The molecule has 1 unspecified atom stereocenters. The smallest absolute Gasteiger partial charge is 0.134 e. The van der Waals surface area contributed by atoms with Gasteiger partial charge in [0.2, 0.25) is 0 Å². The van der Waals surface area contributed by atoms with E-state index in [2.05, 4.69) is 38.5 Å². The summed E-state index contributed by atoms with van der Waals surface area (Å²) in [6.45, 7) is 0. The summed E-state index contributed by atoms with van der Waals surface area (Å²) in [5.41, 5.74) is 0.645. The Labute approximate surface area is 142 Å². The Morgan fingerprint density at radius 1 is 1.20 bits per heavy atom. The Kier molecular flexibility index (Phi) is 5.25. The van der Waals surface area contributed by atoms with Gasteiger partial charge in [0, 0.05) is 26.3 Å². The van der Waals surface area contributed by atoms with Crippen LogP contribution in [0.4, 0.5) is 8.78 Å². The Bertz CT molecular complexity index is 628. The largest absolute Gasteiger partial charge is 0.497 e. The van der Waals surface area contributed by atoms with Crippen LogP contribution in [0.5, 0.6) is 5.75 Å². The van der Waals surface area contributed by atoms with Gasteiger partial charge in [-0.2, -0.15) is 0 Å². The summed E-state index contributed by atoms with van der Waals surface area (Å²) < 4.78 is 33.9. The van der Waals surface area contributed by atoms with Crippen LogP contribution >= 0.6 is 50.1 Å². The lowest BCUT2D eigenvalue weighted by molar-refractivity contribution is 0.405. The maximum Gasteiger partial charge on any atom is 0.134 e. The van der Waals surface area contributed by atoms with Gasteiger partial charge in [-0.15, -0.1) is 0 Å². The fourth-order valence-corrected chi connectivity index (χ4v) is 3.86. The molecule has 0 radical (unpaired) electrons. The average Bonchev–Trinajstić information content (AvgIpc) is 2.40. The van der Waals surface area contributed by atoms with Crippen LogP contribution in [0.15, 0.2) is 30.3 Å². The van der Waals surface area contributed by atoms with E-state index in [1.54, 1.807) is 18.2 Å². The van der Waals surface area contributed by atoms with Crippen molar-refractivity contribution in [2.75, 3.05) is 7.11 Å². The number of benzene rings is 2. The molecule has 1 nitrogen and oxygen atoms in total. The van der Waals surface area contributed by atoms with E-state index < -0.39 is 16.5 Å². The summed E-state index contributed by atoms with van der Waals surface area (Å²) in [7, 11) is 1.36. The molecule has 0 saturated carbocycles. The lowest BCUT2D eigenvalue weighted by Crippen LogP contribution is -2.03. The Hall–Kier alpha value is -0.400. The van der Waals surface area contributed by atoms with Gasteiger partial charge < -0.3 is 4.74 Å². The SMILES string of the molecule is COc1cc(F)c(C(Br)c2cc(Cl)ccc2I)c(F)c1. The van der Waals surface area contributed by atoms with Crippen LogP contribution in [0.1, 0.15) is 16.0 Å². The third-order valence-electron chi connectivity index (χ3n) is 2.77. The highest BCUT2D eigenvalue weighted by Crippen LogP contribution is 2.38. The first-order valence-electron chi connectivity index (χ1n) is 5.56. The van der Waals surface area contributed by atoms with Gasteiger partial charge >= 0.3 is 0 Å². The molecule has 1 atom stereocenters. The molecular formula is C14H9BrClF2IO. The molecule has 0 fully saturated rings. The van der Waals surface area contributed by atoms with Gasteiger partial charge in [0.05, 0.1) is 11.9 Å². The molecule has 0 aliphatic rings. The van der Waals surface area contributed by atoms with E-state index in [0.717, 1.165) is 15.7 Å². The molecule has 0 amide bonds. The van der Waals surface area contributed by atoms with Crippen LogP contribution in [0.25, 0.3) is 0 Å². The third-order valence-corrected chi connectivity index (χ3v) is 4.94. The molecule has 20 heavy (non-hydrogen) atoms. The van der Waals surface area contributed by atoms with Crippen molar-refractivity contribution >= 4 is 50.1 Å². The summed E-state index contributed by atoms with van der Waals surface area (Å²) in [6, 6.07) is 7.53. The molecule has 2 aromatic carbocycles. The number of rotatable bonds is 3. The second kappa shape index (κ2) is 6.58. The van der Waals surface area contributed by atoms with E-state index in [4.69, 9.17) is 16.3 Å². The highest BCUT2D eigenvalue weighted by atomic mass is 127. The first-order chi connectivity index (χ1) is 9.43. The van der Waals surface area contributed by atoms with Gasteiger partial charge in [-0.1, -0.05) is 27.5 Å². The molecule has 2 rings (SSSR count). The monoisotopic (exact) mass is 472 g/mol. The van der Waals surface area contributed by atoms with Crippen LogP contribution in [0, 0.1) is 15.2 Å². The minimum absolute atomic E-state index is 0.0639. The van der Waals surface area contributed by atoms with Crippen molar-refractivity contribution in [3.05, 3.63) is 61.7 Å². The average molecular weight is 473 g/mol. The first kappa shape index (κ1) is 16.0. The van der Waals surface area contributed by atoms with Crippen LogP contribution in [-0.2, 0) is 0 Å². The number of ether oxygens (including phenoxy) is 1. The minimum Gasteiger partial charge on any atom is -0.497 e. The summed E-state index contributed by atoms with van der Waals surface area (Å²) in [4.78, 5) is -0.626. The Balaban J connectivity index is 2.53. The third kappa shape index (κ3) is 3.26. The molecular weight excluding hydrogens is 464 g/mol. The molecule has 106 valence electrons. The van der Waals surface area contributed by atoms with E-state index in [-0.39, 0.29) is 11.3 Å². The molecule has 2 aromatic rings. The minimum atomic E-state index is -0.667. The topological polar surface area (TPSA) is 9.23 Å². The van der Waals surface area contributed by atoms with Gasteiger partial charge in [0.15, 0.2) is 0 Å². The number of methoxy groups -OCH3 is 1. The van der Waals surface area contributed by atoms with Gasteiger partial charge in [0.1, 0.15) is 17.4 Å². The number of hydrogen-bond donors (Lipinski definition) is 0. The maximum atomic E-state index is 14.1. The lowest BCUT2D eigenvalue weighted by atomic mass is 10.0. The molecule has 0 saturated heterocycles. The molecule has 0 N–H and O–H groups in total. The van der Waals surface area contributed by atoms with Crippen LogP contribution < -0.4 is 4.74 Å². The van der Waals surface area contributed by atoms with Crippen molar-refractivity contribution in [2.24, 2.45) is 0 Å². The molecule has 0 bridgehead atoms. The van der Waals surface area contributed by atoms with Crippen molar-refractivity contribution in [2.45, 2.75) is 4.83 Å². The van der Waals surface area contributed by atoms with E-state index in [1.807, 2.05) is 0 Å². The summed E-state index contributed by atoms with van der Waals surface area (Å²) in [6.07, 6.45) is 0. The lowest BCUT2D eigenvalue weighted by Gasteiger charge is -2.15. The van der Waals surface area contributed by atoms with E-state index in [1.165, 1.54) is 7.11 Å². The zero-order valence-corrected chi connectivity index (χ0v) is 14.8. The standard InChI is InChI=1S/C14H9BrClF2IO/c1-20-8-5-10(17)13(11(18)6-8)14(15)9-4-7(16)2-3-12(9)19/h2-6,14H,1H3. The summed E-state index contributed by atoms with van der Waals surface area (Å²) >= 11 is 11.4. The predicted molar refractivity (Wildman–Crippen MR) is 87.8 cm³/mol. The highest BCUT2D eigenvalue weighted by Gasteiger charge is 2.22. The zero-order valence-electron chi connectivity index (χ0n) is 10.3. The zero-order chi connectivity index (χ0) is 14.9. The maximum absolute atomic E-state index is 14.1. The van der Waals surface area contributed by atoms with Crippen molar-refractivity contribution in [3.8, 4) is 5.75 Å². The van der Waals surface area contributed by atoms with E-state index in [0.29, 0.717) is 10.6 Å². The molecule has 0 spiro atoms. The fraction of sp³-hybridized carbons (Fsp3) is 0.143. The van der Waals surface area contributed by atoms with Crippen molar-refractivity contribution in [1.82, 2.24) is 0 Å². The van der Waals surface area contributed by atoms with Crippen molar-refractivity contribution in [1.29, 1.82) is 0 Å². The van der Waals surface area contributed by atoms with Crippen molar-refractivity contribution < 1.29 is 13.5 Å². The molecule has 0 heterocycles. The van der Waals surface area contributed by atoms with Crippen LogP contribution in [-0.4, -0.2) is 7.11 Å².